The number of rotatable bonds is 4. The Balaban J connectivity index is 1.71. The van der Waals surface area contributed by atoms with Crippen molar-refractivity contribution in [1.29, 1.82) is 0 Å². The van der Waals surface area contributed by atoms with Gasteiger partial charge in [0.1, 0.15) is 0 Å². The Labute approximate surface area is 125 Å². The molecule has 6 heteroatoms. The second-order valence-corrected chi connectivity index (χ2v) is 6.54. The summed E-state index contributed by atoms with van der Waals surface area (Å²) in [6.07, 6.45) is 3.93. The minimum absolute atomic E-state index is 0.125. The van der Waals surface area contributed by atoms with Crippen LogP contribution in [0.1, 0.15) is 30.7 Å². The van der Waals surface area contributed by atoms with E-state index in [1.165, 1.54) is 5.01 Å². The van der Waals surface area contributed by atoms with Crippen molar-refractivity contribution < 1.29 is 4.79 Å². The zero-order valence-electron chi connectivity index (χ0n) is 12.5. The molecule has 0 radical (unpaired) electrons. The number of carbonyl (C=O) groups is 1. The van der Waals surface area contributed by atoms with E-state index in [1.54, 1.807) is 16.2 Å². The summed E-state index contributed by atoms with van der Waals surface area (Å²) in [5.74, 6) is 0.455. The van der Waals surface area contributed by atoms with Gasteiger partial charge in [-0.05, 0) is 12.8 Å². The molecule has 2 rings (SSSR count). The van der Waals surface area contributed by atoms with E-state index in [2.05, 4.69) is 17.2 Å². The van der Waals surface area contributed by atoms with E-state index in [-0.39, 0.29) is 6.03 Å². The monoisotopic (exact) mass is 296 g/mol. The molecule has 5 nitrogen and oxygen atoms in total. The van der Waals surface area contributed by atoms with Gasteiger partial charge >= 0.3 is 6.03 Å². The first-order valence-corrected chi connectivity index (χ1v) is 8.05. The molecular formula is C14H24N4OS. The second kappa shape index (κ2) is 7.04. The van der Waals surface area contributed by atoms with Crippen molar-refractivity contribution in [2.75, 3.05) is 33.7 Å². The molecule has 1 aromatic rings. The number of aromatic nitrogens is 1. The van der Waals surface area contributed by atoms with Gasteiger partial charge in [-0.1, -0.05) is 6.92 Å². The van der Waals surface area contributed by atoms with Gasteiger partial charge in [-0.25, -0.2) is 9.78 Å². The lowest BCUT2D eigenvalue weighted by Crippen LogP contribution is -2.48. The number of amides is 2. The van der Waals surface area contributed by atoms with E-state index in [4.69, 9.17) is 0 Å². The maximum absolute atomic E-state index is 11.9. The zero-order chi connectivity index (χ0) is 14.5. The molecule has 1 fully saturated rings. The zero-order valence-corrected chi connectivity index (χ0v) is 13.3. The summed E-state index contributed by atoms with van der Waals surface area (Å²) in [7, 11) is 3.62. The number of nitrogens with zero attached hydrogens (tertiary/aromatic N) is 3. The molecular weight excluding hydrogens is 272 g/mol. The topological polar surface area (TPSA) is 48.5 Å². The molecule has 1 aliphatic rings. The van der Waals surface area contributed by atoms with Crippen LogP contribution >= 0.6 is 11.3 Å². The fourth-order valence-corrected chi connectivity index (χ4v) is 3.16. The molecule has 1 saturated heterocycles. The van der Waals surface area contributed by atoms with Gasteiger partial charge in [-0.15, -0.1) is 11.3 Å². The maximum atomic E-state index is 11.9. The Morgan fingerprint density at radius 2 is 2.25 bits per heavy atom. The molecule has 20 heavy (non-hydrogen) atoms. The van der Waals surface area contributed by atoms with Gasteiger partial charge in [0.2, 0.25) is 0 Å². The highest BCUT2D eigenvalue weighted by Crippen LogP contribution is 2.18. The first-order valence-electron chi connectivity index (χ1n) is 7.17. The molecule has 2 amide bonds. The summed E-state index contributed by atoms with van der Waals surface area (Å²) in [6.45, 7) is 4.86. The first kappa shape index (κ1) is 15.3. The minimum Gasteiger partial charge on any atom is -0.331 e. The van der Waals surface area contributed by atoms with Crippen LogP contribution in [0, 0.1) is 0 Å². The minimum atomic E-state index is 0.125. The number of carbonyl (C=O) groups excluding carboxylic acids is 1. The summed E-state index contributed by atoms with van der Waals surface area (Å²) in [6, 6.07) is 0.642. The largest absolute Gasteiger partial charge is 0.331 e. The van der Waals surface area contributed by atoms with Crippen molar-refractivity contribution in [2.24, 2.45) is 0 Å². The molecule has 1 unspecified atom stereocenters. The van der Waals surface area contributed by atoms with Crippen molar-refractivity contribution in [2.45, 2.75) is 31.7 Å². The fourth-order valence-electron chi connectivity index (χ4n) is 2.47. The van der Waals surface area contributed by atoms with E-state index in [0.29, 0.717) is 12.0 Å². The predicted octanol–water partition coefficient (Wildman–Crippen LogP) is 1.98. The van der Waals surface area contributed by atoms with Crippen LogP contribution in [0.2, 0.25) is 0 Å². The van der Waals surface area contributed by atoms with Crippen LogP contribution in [0.15, 0.2) is 11.6 Å². The summed E-state index contributed by atoms with van der Waals surface area (Å²) >= 11 is 1.72. The van der Waals surface area contributed by atoms with Gasteiger partial charge in [0.15, 0.2) is 0 Å². The molecule has 0 aromatic carbocycles. The Morgan fingerprint density at radius 1 is 1.55 bits per heavy atom. The van der Waals surface area contributed by atoms with Crippen molar-refractivity contribution in [3.8, 4) is 0 Å². The van der Waals surface area contributed by atoms with Crippen LogP contribution in [0.3, 0.4) is 0 Å². The van der Waals surface area contributed by atoms with E-state index in [1.807, 2.05) is 30.6 Å². The number of hydrogen-bond donors (Lipinski definition) is 1. The number of piperidine rings is 1. The molecule has 1 aromatic heterocycles. The van der Waals surface area contributed by atoms with Gasteiger partial charge in [0.25, 0.3) is 0 Å². The average molecular weight is 296 g/mol. The van der Waals surface area contributed by atoms with Crippen LogP contribution in [0.25, 0.3) is 0 Å². The predicted molar refractivity (Wildman–Crippen MR) is 82.2 cm³/mol. The van der Waals surface area contributed by atoms with Crippen molar-refractivity contribution >= 4 is 17.4 Å². The molecule has 1 aliphatic heterocycles. The van der Waals surface area contributed by atoms with Crippen LogP contribution in [-0.4, -0.2) is 60.6 Å². The SMILES string of the molecule is CC(CNC1CCN(C(=O)N(C)C)CC1)c1nccs1. The van der Waals surface area contributed by atoms with Gasteiger partial charge < -0.3 is 15.1 Å². The Kier molecular flexibility index (Phi) is 5.37. The highest BCUT2D eigenvalue weighted by molar-refractivity contribution is 7.09. The standard InChI is InChI=1S/C14H24N4OS/c1-11(13-15-6-9-20-13)10-16-12-4-7-18(8-5-12)14(19)17(2)3/h6,9,11-12,16H,4-5,7-8,10H2,1-3H3. The average Bonchev–Trinajstić information content (AvgIpc) is 2.98. The van der Waals surface area contributed by atoms with E-state index >= 15 is 0 Å². The number of likely N-dealkylation sites (tertiary alicyclic amines) is 1. The van der Waals surface area contributed by atoms with E-state index in [0.717, 1.165) is 32.5 Å². The van der Waals surface area contributed by atoms with E-state index in [9.17, 15) is 4.79 Å². The van der Waals surface area contributed by atoms with Crippen molar-refractivity contribution in [3.63, 3.8) is 0 Å². The number of nitrogens with one attached hydrogen (secondary N) is 1. The van der Waals surface area contributed by atoms with Crippen LogP contribution in [0.4, 0.5) is 4.79 Å². The Morgan fingerprint density at radius 3 is 2.80 bits per heavy atom. The molecule has 1 N–H and O–H groups in total. The van der Waals surface area contributed by atoms with Gasteiger partial charge in [0.05, 0.1) is 5.01 Å². The van der Waals surface area contributed by atoms with Crippen LogP contribution < -0.4 is 5.32 Å². The van der Waals surface area contributed by atoms with Crippen molar-refractivity contribution in [3.05, 3.63) is 16.6 Å². The lowest BCUT2D eigenvalue weighted by atomic mass is 10.0. The van der Waals surface area contributed by atoms with Gasteiger partial charge in [-0.3, -0.25) is 0 Å². The number of thiazole rings is 1. The second-order valence-electron chi connectivity index (χ2n) is 5.62. The van der Waals surface area contributed by atoms with Gasteiger partial charge in [-0.2, -0.15) is 0 Å². The summed E-state index contributed by atoms with van der Waals surface area (Å²) in [5, 5.41) is 6.83. The molecule has 1 atom stereocenters. The Hall–Kier alpha value is -1.14. The molecule has 0 bridgehead atoms. The van der Waals surface area contributed by atoms with Crippen LogP contribution in [-0.2, 0) is 0 Å². The highest BCUT2D eigenvalue weighted by Gasteiger charge is 2.23. The van der Waals surface area contributed by atoms with E-state index < -0.39 is 0 Å². The summed E-state index contributed by atoms with van der Waals surface area (Å²) in [5.41, 5.74) is 0. The Bertz CT molecular complexity index is 413. The third kappa shape index (κ3) is 3.93. The summed E-state index contributed by atoms with van der Waals surface area (Å²) in [4.78, 5) is 19.8. The maximum Gasteiger partial charge on any atom is 0.319 e. The smallest absolute Gasteiger partial charge is 0.319 e. The molecule has 112 valence electrons. The summed E-state index contributed by atoms with van der Waals surface area (Å²) < 4.78 is 0. The highest BCUT2D eigenvalue weighted by atomic mass is 32.1. The molecule has 0 spiro atoms. The van der Waals surface area contributed by atoms with Crippen LogP contribution in [0.5, 0.6) is 0 Å². The fraction of sp³-hybridized carbons (Fsp3) is 0.714. The third-order valence-electron chi connectivity index (χ3n) is 3.73. The molecule has 2 heterocycles. The third-order valence-corrected chi connectivity index (χ3v) is 4.74. The molecule has 0 aliphatic carbocycles. The first-order chi connectivity index (χ1) is 9.58. The lowest BCUT2D eigenvalue weighted by Gasteiger charge is -2.34. The lowest BCUT2D eigenvalue weighted by molar-refractivity contribution is 0.152. The number of urea groups is 1. The van der Waals surface area contributed by atoms with Crippen molar-refractivity contribution in [1.82, 2.24) is 20.1 Å². The van der Waals surface area contributed by atoms with Gasteiger partial charge in [0, 0.05) is 57.3 Å². The molecule has 0 saturated carbocycles. The number of hydrogen-bond acceptors (Lipinski definition) is 4. The quantitative estimate of drug-likeness (QED) is 0.924. The normalized spacial score (nSPS) is 18.1.